The van der Waals surface area contributed by atoms with Crippen molar-refractivity contribution in [3.05, 3.63) is 88.7 Å². The Kier molecular flexibility index (Phi) is 10.5. The van der Waals surface area contributed by atoms with E-state index in [0.29, 0.717) is 17.9 Å². The lowest BCUT2D eigenvalue weighted by Gasteiger charge is -2.61. The van der Waals surface area contributed by atoms with E-state index in [0.717, 1.165) is 53.8 Å². The molecular weight excluding hydrogens is 568 g/mol. The zero-order valence-electron chi connectivity index (χ0n) is 27.9. The van der Waals surface area contributed by atoms with Gasteiger partial charge in [-0.2, -0.15) is 0 Å². The zero-order chi connectivity index (χ0) is 31.8. The van der Waals surface area contributed by atoms with Crippen molar-refractivity contribution in [2.75, 3.05) is 26.2 Å². The molecule has 0 amide bonds. The molecule has 2 saturated heterocycles. The van der Waals surface area contributed by atoms with Gasteiger partial charge < -0.3 is 9.80 Å². The Morgan fingerprint density at radius 2 is 1.44 bits per heavy atom. The van der Waals surface area contributed by atoms with Gasteiger partial charge in [-0.15, -0.1) is 9.39 Å². The molecule has 0 N–H and O–H groups in total. The number of hydrogen-bond acceptors (Lipinski definition) is 4. The monoisotopic (exact) mass is 622 g/mol. The molecule has 2 aromatic rings. The van der Waals surface area contributed by atoms with E-state index in [1.54, 1.807) is 0 Å². The van der Waals surface area contributed by atoms with E-state index in [2.05, 4.69) is 117 Å². The molecule has 0 radical (unpaired) electrons. The molecule has 0 bridgehead atoms. The van der Waals surface area contributed by atoms with Crippen LogP contribution in [0.5, 0.6) is 0 Å². The molecule has 236 valence electrons. The highest BCUT2D eigenvalue weighted by molar-refractivity contribution is 8.26. The standard InChI is InChI=1S/C37H55ClN4S/c1-25(2)21-39(22-26(3)4)35-23-41(43(11,12)36-18-15-29(8)19-33(36)38)37-24-40(27(5)6)30(9)34(42(37)31(35)10)20-32-16-13-28(7)14-17-32/h13-19,25-27,34-35,37H,9-12,20-24H2,1-8H3. The fourth-order valence-electron chi connectivity index (χ4n) is 6.85. The molecule has 2 fully saturated rings. The second-order valence-electron chi connectivity index (χ2n) is 14.0. The van der Waals surface area contributed by atoms with Gasteiger partial charge in [-0.1, -0.05) is 100 Å². The molecule has 43 heavy (non-hydrogen) atoms. The molecule has 6 heteroatoms. The van der Waals surface area contributed by atoms with E-state index in [1.165, 1.54) is 16.8 Å². The molecule has 3 unspecified atom stereocenters. The van der Waals surface area contributed by atoms with Crippen LogP contribution in [0.25, 0.3) is 0 Å². The smallest absolute Gasteiger partial charge is 0.109 e. The van der Waals surface area contributed by atoms with E-state index in [9.17, 15) is 0 Å². The Bertz CT molecular complexity index is 1400. The number of piperazine rings is 1. The first kappa shape index (κ1) is 33.7. The SMILES string of the molecule is C=C1C(Cc2ccc(C)cc2)N2C(=C)C(N(CC(C)C)CC(C)C)CN(S(=C)(=C)c3ccc(C)cc3Cl)C2CN1C(C)C. The lowest BCUT2D eigenvalue weighted by Crippen LogP contribution is -2.69. The number of nitrogens with zero attached hydrogens (tertiary/aromatic N) is 4. The molecule has 2 aromatic carbocycles. The minimum atomic E-state index is -1.96. The summed E-state index contributed by atoms with van der Waals surface area (Å²) < 4.78 is 2.60. The lowest BCUT2D eigenvalue weighted by molar-refractivity contribution is -0.0286. The molecule has 3 atom stereocenters. The summed E-state index contributed by atoms with van der Waals surface area (Å²) >= 11 is 6.97. The second kappa shape index (κ2) is 13.4. The maximum absolute atomic E-state index is 6.97. The highest BCUT2D eigenvalue weighted by Gasteiger charge is 2.48. The van der Waals surface area contributed by atoms with Crippen LogP contribution in [0.3, 0.4) is 0 Å². The third-order valence-corrected chi connectivity index (χ3v) is 11.8. The summed E-state index contributed by atoms with van der Waals surface area (Å²) in [5, 5.41) is 0.755. The summed E-state index contributed by atoms with van der Waals surface area (Å²) in [6, 6.07) is 15.9. The van der Waals surface area contributed by atoms with Crippen LogP contribution >= 0.6 is 21.0 Å². The van der Waals surface area contributed by atoms with E-state index in [-0.39, 0.29) is 18.2 Å². The third kappa shape index (κ3) is 7.22. The van der Waals surface area contributed by atoms with E-state index in [1.807, 2.05) is 0 Å². The normalized spacial score (nSPS) is 21.9. The fraction of sp³-hybridized carbons (Fsp3) is 0.514. The Morgan fingerprint density at radius 1 is 0.860 bits per heavy atom. The first-order valence-corrected chi connectivity index (χ1v) is 18.2. The van der Waals surface area contributed by atoms with Crippen LogP contribution in [0.4, 0.5) is 0 Å². The predicted molar refractivity (Wildman–Crippen MR) is 192 cm³/mol. The van der Waals surface area contributed by atoms with Gasteiger partial charge in [0.2, 0.25) is 0 Å². The van der Waals surface area contributed by atoms with Crippen LogP contribution in [0.1, 0.15) is 58.2 Å². The van der Waals surface area contributed by atoms with Crippen molar-refractivity contribution >= 4 is 32.7 Å². The van der Waals surface area contributed by atoms with Crippen molar-refractivity contribution < 1.29 is 0 Å². The third-order valence-electron chi connectivity index (χ3n) is 8.93. The molecule has 2 heterocycles. The number of halogens is 1. The minimum absolute atomic E-state index is 0.0504. The van der Waals surface area contributed by atoms with Crippen LogP contribution in [-0.4, -0.2) is 81.2 Å². The van der Waals surface area contributed by atoms with Crippen molar-refractivity contribution in [1.82, 2.24) is 19.0 Å². The second-order valence-corrected chi connectivity index (χ2v) is 17.0. The Morgan fingerprint density at radius 3 is 1.98 bits per heavy atom. The van der Waals surface area contributed by atoms with Crippen molar-refractivity contribution in [2.24, 2.45) is 11.8 Å². The Balaban J connectivity index is 1.89. The van der Waals surface area contributed by atoms with Crippen LogP contribution in [0.2, 0.25) is 5.02 Å². The number of fused-ring (bicyclic) bond motifs is 1. The summed E-state index contributed by atoms with van der Waals surface area (Å²) in [5.41, 5.74) is 6.09. The number of benzene rings is 2. The zero-order valence-corrected chi connectivity index (χ0v) is 29.5. The van der Waals surface area contributed by atoms with E-state index >= 15 is 0 Å². The molecule has 0 aromatic heterocycles. The van der Waals surface area contributed by atoms with Crippen LogP contribution < -0.4 is 0 Å². The first-order chi connectivity index (χ1) is 20.1. The van der Waals surface area contributed by atoms with Crippen LogP contribution in [0, 0.1) is 25.7 Å². The highest BCUT2D eigenvalue weighted by Crippen LogP contribution is 2.48. The molecule has 0 aliphatic carbocycles. The summed E-state index contributed by atoms with van der Waals surface area (Å²) in [5.74, 6) is 10.9. The van der Waals surface area contributed by atoms with E-state index in [4.69, 9.17) is 36.5 Å². The molecule has 4 rings (SSSR count). The van der Waals surface area contributed by atoms with Gasteiger partial charge in [-0.05, 0) is 69.2 Å². The summed E-state index contributed by atoms with van der Waals surface area (Å²) in [6.07, 6.45) is 0.920. The Hall–Kier alpha value is -2.18. The molecule has 2 aliphatic heterocycles. The fourth-order valence-corrected chi connectivity index (χ4v) is 9.57. The highest BCUT2D eigenvalue weighted by atomic mass is 35.5. The Labute approximate surface area is 268 Å². The average Bonchev–Trinajstić information content (AvgIpc) is 2.90. The van der Waals surface area contributed by atoms with Crippen LogP contribution in [0.15, 0.2) is 71.9 Å². The van der Waals surface area contributed by atoms with Crippen molar-refractivity contribution in [3.8, 4) is 0 Å². The lowest BCUT2D eigenvalue weighted by atomic mass is 9.92. The van der Waals surface area contributed by atoms with Gasteiger partial charge in [0, 0.05) is 42.0 Å². The summed E-state index contributed by atoms with van der Waals surface area (Å²) in [4.78, 5) is 8.80. The number of rotatable bonds is 10. The predicted octanol–water partition coefficient (Wildman–Crippen LogP) is 8.19. The summed E-state index contributed by atoms with van der Waals surface area (Å²) in [7, 11) is -1.96. The van der Waals surface area contributed by atoms with Gasteiger partial charge in [0.25, 0.3) is 0 Å². The van der Waals surface area contributed by atoms with Gasteiger partial charge in [-0.25, -0.2) is 4.31 Å². The largest absolute Gasteiger partial charge is 0.368 e. The quantitative estimate of drug-likeness (QED) is 0.248. The van der Waals surface area contributed by atoms with Gasteiger partial charge >= 0.3 is 0 Å². The van der Waals surface area contributed by atoms with Gasteiger partial charge in [0.1, 0.15) is 6.17 Å². The maximum atomic E-state index is 6.97. The molecule has 4 nitrogen and oxygen atoms in total. The number of aryl methyl sites for hydroxylation is 2. The van der Waals surface area contributed by atoms with Crippen molar-refractivity contribution in [1.29, 1.82) is 0 Å². The van der Waals surface area contributed by atoms with Crippen molar-refractivity contribution in [2.45, 2.75) is 91.0 Å². The summed E-state index contributed by atoms with van der Waals surface area (Å²) in [6.45, 7) is 31.3. The minimum Gasteiger partial charge on any atom is -0.368 e. The average molecular weight is 623 g/mol. The van der Waals surface area contributed by atoms with E-state index < -0.39 is 9.39 Å². The molecule has 0 saturated carbocycles. The van der Waals surface area contributed by atoms with Gasteiger partial charge in [0.15, 0.2) is 0 Å². The number of hydrogen-bond donors (Lipinski definition) is 0. The molecular formula is C37H55ClN4S. The van der Waals surface area contributed by atoms with Gasteiger partial charge in [0.05, 0.1) is 23.7 Å². The molecule has 0 spiro atoms. The van der Waals surface area contributed by atoms with Crippen molar-refractivity contribution in [3.63, 3.8) is 0 Å². The maximum Gasteiger partial charge on any atom is 0.109 e. The molecule has 2 aliphatic rings. The van der Waals surface area contributed by atoms with Crippen LogP contribution in [-0.2, 0) is 6.42 Å². The van der Waals surface area contributed by atoms with Gasteiger partial charge in [-0.3, -0.25) is 4.90 Å². The topological polar surface area (TPSA) is 13.0 Å². The first-order valence-electron chi connectivity index (χ1n) is 15.9.